The van der Waals surface area contributed by atoms with E-state index in [4.69, 9.17) is 9.47 Å². The molecular weight excluding hydrogens is 216 g/mol. The summed E-state index contributed by atoms with van der Waals surface area (Å²) in [7, 11) is 0. The summed E-state index contributed by atoms with van der Waals surface area (Å²) in [6.45, 7) is 6.99. The minimum absolute atomic E-state index is 0.221. The van der Waals surface area contributed by atoms with Crippen LogP contribution in [0.15, 0.2) is 24.3 Å². The molecule has 3 nitrogen and oxygen atoms in total. The number of carbonyl (C=O) groups excluding carboxylic acids is 1. The van der Waals surface area contributed by atoms with Crippen molar-refractivity contribution in [3.8, 4) is 5.75 Å². The molecule has 0 N–H and O–H groups in total. The Balaban J connectivity index is 2.48. The highest BCUT2D eigenvalue weighted by molar-refractivity contribution is 5.37. The average molecular weight is 236 g/mol. The first-order valence-electron chi connectivity index (χ1n) is 5.99. The molecule has 0 amide bonds. The molecule has 0 bridgehead atoms. The zero-order valence-corrected chi connectivity index (χ0v) is 10.7. The van der Waals surface area contributed by atoms with Crippen LogP contribution in [0.5, 0.6) is 5.75 Å². The van der Waals surface area contributed by atoms with E-state index >= 15 is 0 Å². The van der Waals surface area contributed by atoms with Crippen LogP contribution in [0.3, 0.4) is 0 Å². The molecule has 2 atom stereocenters. The molecule has 0 aliphatic carbocycles. The summed E-state index contributed by atoms with van der Waals surface area (Å²) in [5, 5.41) is 0. The van der Waals surface area contributed by atoms with E-state index in [9.17, 15) is 4.79 Å². The fourth-order valence-corrected chi connectivity index (χ4v) is 1.48. The van der Waals surface area contributed by atoms with E-state index in [0.717, 1.165) is 12.2 Å². The first kappa shape index (κ1) is 13.6. The predicted octanol–water partition coefficient (Wildman–Crippen LogP) is 3.14. The van der Waals surface area contributed by atoms with Crippen LogP contribution in [0.1, 0.15) is 38.7 Å². The minimum atomic E-state index is -0.221. The lowest BCUT2D eigenvalue weighted by atomic mass is 9.99. The molecule has 0 spiro atoms. The summed E-state index contributed by atoms with van der Waals surface area (Å²) in [6, 6.07) is 8.06. The normalized spacial score (nSPS) is 13.8. The van der Waals surface area contributed by atoms with E-state index in [1.54, 1.807) is 6.92 Å². The SMILES string of the molecule is CCC(C)c1ccc(OCC(C)OC=O)cc1. The Hall–Kier alpha value is -1.51. The van der Waals surface area contributed by atoms with E-state index in [2.05, 4.69) is 26.0 Å². The largest absolute Gasteiger partial charge is 0.490 e. The number of hydrogen-bond acceptors (Lipinski definition) is 3. The van der Waals surface area contributed by atoms with Gasteiger partial charge in [-0.3, -0.25) is 4.79 Å². The van der Waals surface area contributed by atoms with Crippen LogP contribution < -0.4 is 4.74 Å². The Morgan fingerprint density at radius 3 is 2.41 bits per heavy atom. The number of carbonyl (C=O) groups is 1. The average Bonchev–Trinajstić information content (AvgIpc) is 2.36. The molecule has 94 valence electrons. The van der Waals surface area contributed by atoms with E-state index in [1.807, 2.05) is 12.1 Å². The van der Waals surface area contributed by atoms with Crippen molar-refractivity contribution >= 4 is 6.47 Å². The van der Waals surface area contributed by atoms with Crippen molar-refractivity contribution < 1.29 is 14.3 Å². The summed E-state index contributed by atoms with van der Waals surface area (Å²) < 4.78 is 10.2. The molecular formula is C14H20O3. The van der Waals surface area contributed by atoms with Gasteiger partial charge in [-0.15, -0.1) is 0 Å². The topological polar surface area (TPSA) is 35.5 Å². The van der Waals surface area contributed by atoms with Gasteiger partial charge in [0.2, 0.25) is 0 Å². The first-order valence-corrected chi connectivity index (χ1v) is 5.99. The fraction of sp³-hybridized carbons (Fsp3) is 0.500. The van der Waals surface area contributed by atoms with Gasteiger partial charge in [0, 0.05) is 0 Å². The van der Waals surface area contributed by atoms with Gasteiger partial charge in [0.15, 0.2) is 0 Å². The number of ether oxygens (including phenoxy) is 2. The molecule has 17 heavy (non-hydrogen) atoms. The van der Waals surface area contributed by atoms with Gasteiger partial charge in [0.1, 0.15) is 18.5 Å². The van der Waals surface area contributed by atoms with Crippen LogP contribution in [0.2, 0.25) is 0 Å². The van der Waals surface area contributed by atoms with Gasteiger partial charge in [0.25, 0.3) is 6.47 Å². The molecule has 0 aromatic heterocycles. The molecule has 1 aromatic carbocycles. The standard InChI is InChI=1S/C14H20O3/c1-4-11(2)13-5-7-14(8-6-13)16-9-12(3)17-10-15/h5-8,10-12H,4,9H2,1-3H3. The third-order valence-corrected chi connectivity index (χ3v) is 2.83. The van der Waals surface area contributed by atoms with Crippen molar-refractivity contribution in [1.29, 1.82) is 0 Å². The van der Waals surface area contributed by atoms with E-state index < -0.39 is 0 Å². The summed E-state index contributed by atoms with van der Waals surface area (Å²) >= 11 is 0. The van der Waals surface area contributed by atoms with Crippen molar-refractivity contribution in [3.63, 3.8) is 0 Å². The third kappa shape index (κ3) is 4.47. The zero-order valence-electron chi connectivity index (χ0n) is 10.7. The Kier molecular flexibility index (Phi) is 5.53. The van der Waals surface area contributed by atoms with E-state index in [-0.39, 0.29) is 6.10 Å². The summed E-state index contributed by atoms with van der Waals surface area (Å²) in [4.78, 5) is 10.1. The summed E-state index contributed by atoms with van der Waals surface area (Å²) in [5.74, 6) is 1.37. The minimum Gasteiger partial charge on any atom is -0.490 e. The van der Waals surface area contributed by atoms with Crippen molar-refractivity contribution in [2.75, 3.05) is 6.61 Å². The van der Waals surface area contributed by atoms with Crippen molar-refractivity contribution in [3.05, 3.63) is 29.8 Å². The van der Waals surface area contributed by atoms with Crippen molar-refractivity contribution in [2.45, 2.75) is 39.2 Å². The van der Waals surface area contributed by atoms with E-state index in [0.29, 0.717) is 19.0 Å². The molecule has 0 aliphatic rings. The summed E-state index contributed by atoms with van der Waals surface area (Å²) in [5.41, 5.74) is 1.32. The van der Waals surface area contributed by atoms with Crippen LogP contribution in [-0.4, -0.2) is 19.2 Å². The second-order valence-corrected chi connectivity index (χ2v) is 4.23. The number of hydrogen-bond donors (Lipinski definition) is 0. The van der Waals surface area contributed by atoms with Crippen LogP contribution in [0.25, 0.3) is 0 Å². The molecule has 1 aromatic rings. The highest BCUT2D eigenvalue weighted by Gasteiger charge is 2.05. The fourth-order valence-electron chi connectivity index (χ4n) is 1.48. The molecule has 0 heterocycles. The van der Waals surface area contributed by atoms with Gasteiger partial charge in [-0.1, -0.05) is 26.0 Å². The molecule has 3 heteroatoms. The highest BCUT2D eigenvalue weighted by Crippen LogP contribution is 2.21. The maximum Gasteiger partial charge on any atom is 0.293 e. The quantitative estimate of drug-likeness (QED) is 0.682. The van der Waals surface area contributed by atoms with Gasteiger partial charge in [-0.05, 0) is 37.0 Å². The van der Waals surface area contributed by atoms with Crippen molar-refractivity contribution in [2.24, 2.45) is 0 Å². The second kappa shape index (κ2) is 6.94. The lowest BCUT2D eigenvalue weighted by molar-refractivity contribution is -0.134. The van der Waals surface area contributed by atoms with Crippen LogP contribution in [-0.2, 0) is 9.53 Å². The predicted molar refractivity (Wildman–Crippen MR) is 67.3 cm³/mol. The lowest BCUT2D eigenvalue weighted by Crippen LogP contribution is -2.17. The number of rotatable bonds is 7. The number of benzene rings is 1. The molecule has 0 radical (unpaired) electrons. The molecule has 2 unspecified atom stereocenters. The molecule has 0 saturated carbocycles. The molecule has 1 rings (SSSR count). The Morgan fingerprint density at radius 1 is 1.24 bits per heavy atom. The van der Waals surface area contributed by atoms with Gasteiger partial charge in [0.05, 0.1) is 0 Å². The third-order valence-electron chi connectivity index (χ3n) is 2.83. The highest BCUT2D eigenvalue weighted by atomic mass is 16.6. The molecule has 0 fully saturated rings. The van der Waals surface area contributed by atoms with Gasteiger partial charge in [-0.2, -0.15) is 0 Å². The Morgan fingerprint density at radius 2 is 1.88 bits per heavy atom. The van der Waals surface area contributed by atoms with Gasteiger partial charge < -0.3 is 9.47 Å². The Labute approximate surface area is 103 Å². The molecule has 0 saturated heterocycles. The second-order valence-electron chi connectivity index (χ2n) is 4.23. The first-order chi connectivity index (χ1) is 8.17. The monoisotopic (exact) mass is 236 g/mol. The van der Waals surface area contributed by atoms with Crippen LogP contribution >= 0.6 is 0 Å². The van der Waals surface area contributed by atoms with E-state index in [1.165, 1.54) is 5.56 Å². The Bertz CT molecular complexity index is 332. The molecule has 0 aliphatic heterocycles. The maximum atomic E-state index is 10.1. The van der Waals surface area contributed by atoms with Gasteiger partial charge >= 0.3 is 0 Å². The van der Waals surface area contributed by atoms with Crippen LogP contribution in [0.4, 0.5) is 0 Å². The van der Waals surface area contributed by atoms with Gasteiger partial charge in [-0.25, -0.2) is 0 Å². The maximum absolute atomic E-state index is 10.1. The smallest absolute Gasteiger partial charge is 0.293 e. The summed E-state index contributed by atoms with van der Waals surface area (Å²) in [6.07, 6.45) is 0.909. The zero-order chi connectivity index (χ0) is 12.7. The van der Waals surface area contributed by atoms with Crippen LogP contribution in [0, 0.1) is 0 Å². The lowest BCUT2D eigenvalue weighted by Gasteiger charge is -2.13. The van der Waals surface area contributed by atoms with Crippen molar-refractivity contribution in [1.82, 2.24) is 0 Å².